The quantitative estimate of drug-likeness (QED) is 0.846. The first kappa shape index (κ1) is 13.2. The molecule has 0 radical (unpaired) electrons. The molecular formula is C13H19N3OS. The summed E-state index contributed by atoms with van der Waals surface area (Å²) in [5.74, 6) is 0.0839. The molecule has 1 aliphatic heterocycles. The second kappa shape index (κ2) is 6.11. The molecular weight excluding hydrogens is 246 g/mol. The molecule has 1 atom stereocenters. The number of thiazole rings is 1. The van der Waals surface area contributed by atoms with E-state index < -0.39 is 0 Å². The summed E-state index contributed by atoms with van der Waals surface area (Å²) in [6.07, 6.45) is 5.65. The summed E-state index contributed by atoms with van der Waals surface area (Å²) in [4.78, 5) is 18.2. The summed E-state index contributed by atoms with van der Waals surface area (Å²) in [6.45, 7) is 3.62. The molecule has 0 saturated carbocycles. The van der Waals surface area contributed by atoms with E-state index >= 15 is 0 Å². The highest BCUT2D eigenvalue weighted by Crippen LogP contribution is 2.12. The fourth-order valence-electron chi connectivity index (χ4n) is 2.13. The van der Waals surface area contributed by atoms with E-state index in [1.165, 1.54) is 0 Å². The van der Waals surface area contributed by atoms with Crippen LogP contribution in [0.1, 0.15) is 23.5 Å². The van der Waals surface area contributed by atoms with Gasteiger partial charge in [-0.2, -0.15) is 0 Å². The molecule has 2 rings (SSSR count). The Balaban J connectivity index is 1.93. The van der Waals surface area contributed by atoms with Gasteiger partial charge in [-0.3, -0.25) is 4.79 Å². The van der Waals surface area contributed by atoms with Gasteiger partial charge in [-0.1, -0.05) is 0 Å². The number of rotatable bonds is 3. The Kier molecular flexibility index (Phi) is 4.49. The van der Waals surface area contributed by atoms with Crippen molar-refractivity contribution in [3.63, 3.8) is 0 Å². The molecule has 1 unspecified atom stereocenters. The van der Waals surface area contributed by atoms with E-state index in [0.29, 0.717) is 6.04 Å². The SMILES string of the molecule is CNC1CCCN(C(=O)C=Cc2csc(C)n2)C1. The maximum absolute atomic E-state index is 12.0. The van der Waals surface area contributed by atoms with Crippen molar-refractivity contribution in [2.45, 2.75) is 25.8 Å². The molecule has 1 aromatic rings. The van der Waals surface area contributed by atoms with Gasteiger partial charge in [-0.15, -0.1) is 11.3 Å². The first-order valence-corrected chi connectivity index (χ1v) is 7.13. The van der Waals surface area contributed by atoms with Gasteiger partial charge >= 0.3 is 0 Å². The number of carbonyl (C=O) groups is 1. The minimum absolute atomic E-state index is 0.0839. The normalized spacial score (nSPS) is 20.6. The largest absolute Gasteiger partial charge is 0.338 e. The molecule has 1 saturated heterocycles. The van der Waals surface area contributed by atoms with Crippen LogP contribution in [0.2, 0.25) is 0 Å². The van der Waals surface area contributed by atoms with E-state index in [4.69, 9.17) is 0 Å². The Bertz CT molecular complexity index is 441. The van der Waals surface area contributed by atoms with Crippen LogP contribution in [0.25, 0.3) is 6.08 Å². The lowest BCUT2D eigenvalue weighted by Crippen LogP contribution is -2.46. The van der Waals surface area contributed by atoms with Gasteiger partial charge in [0.05, 0.1) is 10.7 Å². The number of hydrogen-bond acceptors (Lipinski definition) is 4. The Morgan fingerprint density at radius 2 is 2.50 bits per heavy atom. The van der Waals surface area contributed by atoms with Crippen molar-refractivity contribution < 1.29 is 4.79 Å². The average Bonchev–Trinajstić information content (AvgIpc) is 2.82. The van der Waals surface area contributed by atoms with Crippen molar-refractivity contribution in [1.82, 2.24) is 15.2 Å². The zero-order chi connectivity index (χ0) is 13.0. The van der Waals surface area contributed by atoms with Crippen LogP contribution >= 0.6 is 11.3 Å². The molecule has 0 aliphatic carbocycles. The highest BCUT2D eigenvalue weighted by atomic mass is 32.1. The van der Waals surface area contributed by atoms with Gasteiger partial charge < -0.3 is 10.2 Å². The van der Waals surface area contributed by atoms with E-state index in [2.05, 4.69) is 10.3 Å². The molecule has 2 heterocycles. The molecule has 1 amide bonds. The van der Waals surface area contributed by atoms with Crippen LogP contribution in [0, 0.1) is 6.92 Å². The zero-order valence-electron chi connectivity index (χ0n) is 10.8. The van der Waals surface area contributed by atoms with Gasteiger partial charge in [0.2, 0.25) is 5.91 Å². The summed E-state index contributed by atoms with van der Waals surface area (Å²) >= 11 is 1.60. The van der Waals surface area contributed by atoms with E-state index in [9.17, 15) is 4.79 Å². The first-order valence-electron chi connectivity index (χ1n) is 6.25. The monoisotopic (exact) mass is 265 g/mol. The molecule has 1 fully saturated rings. The summed E-state index contributed by atoms with van der Waals surface area (Å²) in [5, 5.41) is 6.22. The van der Waals surface area contributed by atoms with Crippen LogP contribution in [-0.2, 0) is 4.79 Å². The maximum atomic E-state index is 12.0. The molecule has 1 N–H and O–H groups in total. The predicted octanol–water partition coefficient (Wildman–Crippen LogP) is 1.68. The van der Waals surface area contributed by atoms with Crippen molar-refractivity contribution in [3.05, 3.63) is 22.2 Å². The van der Waals surface area contributed by atoms with Crippen LogP contribution in [0.4, 0.5) is 0 Å². The number of piperidine rings is 1. The lowest BCUT2D eigenvalue weighted by Gasteiger charge is -2.31. The number of aryl methyl sites for hydroxylation is 1. The van der Waals surface area contributed by atoms with Gasteiger partial charge in [0.15, 0.2) is 0 Å². The molecule has 0 bridgehead atoms. The highest BCUT2D eigenvalue weighted by molar-refractivity contribution is 7.09. The van der Waals surface area contributed by atoms with Gasteiger partial charge in [0, 0.05) is 30.6 Å². The Morgan fingerprint density at radius 3 is 3.17 bits per heavy atom. The second-order valence-electron chi connectivity index (χ2n) is 4.54. The third kappa shape index (κ3) is 3.40. The number of amides is 1. The lowest BCUT2D eigenvalue weighted by atomic mass is 10.1. The van der Waals surface area contributed by atoms with Crippen LogP contribution in [0.5, 0.6) is 0 Å². The van der Waals surface area contributed by atoms with Crippen molar-refractivity contribution in [1.29, 1.82) is 0 Å². The summed E-state index contributed by atoms with van der Waals surface area (Å²) in [6, 6.07) is 0.428. The summed E-state index contributed by atoms with van der Waals surface area (Å²) in [7, 11) is 1.95. The number of carbonyl (C=O) groups excluding carboxylic acids is 1. The number of likely N-dealkylation sites (tertiary alicyclic amines) is 1. The molecule has 0 aromatic carbocycles. The Labute approximate surface area is 112 Å². The molecule has 98 valence electrons. The van der Waals surface area contributed by atoms with Crippen molar-refractivity contribution in [2.75, 3.05) is 20.1 Å². The van der Waals surface area contributed by atoms with Crippen LogP contribution in [0.15, 0.2) is 11.5 Å². The molecule has 18 heavy (non-hydrogen) atoms. The molecule has 4 nitrogen and oxygen atoms in total. The summed E-state index contributed by atoms with van der Waals surface area (Å²) in [5.41, 5.74) is 0.869. The molecule has 1 aromatic heterocycles. The standard InChI is InChI=1S/C13H19N3OS/c1-10-15-12(9-18-10)5-6-13(17)16-7-3-4-11(8-16)14-2/h5-6,9,11,14H,3-4,7-8H2,1-2H3. The van der Waals surface area contributed by atoms with Gasteiger partial charge in [0.1, 0.15) is 0 Å². The first-order chi connectivity index (χ1) is 8.69. The predicted molar refractivity (Wildman–Crippen MR) is 74.5 cm³/mol. The van der Waals surface area contributed by atoms with E-state index in [1.54, 1.807) is 23.5 Å². The van der Waals surface area contributed by atoms with Crippen LogP contribution < -0.4 is 5.32 Å². The lowest BCUT2D eigenvalue weighted by molar-refractivity contribution is -0.127. The summed E-state index contributed by atoms with van der Waals surface area (Å²) < 4.78 is 0. The number of hydrogen-bond donors (Lipinski definition) is 1. The molecule has 1 aliphatic rings. The number of nitrogens with zero attached hydrogens (tertiary/aromatic N) is 2. The average molecular weight is 265 g/mol. The maximum Gasteiger partial charge on any atom is 0.246 e. The molecule has 5 heteroatoms. The number of aromatic nitrogens is 1. The topological polar surface area (TPSA) is 45.2 Å². The highest BCUT2D eigenvalue weighted by Gasteiger charge is 2.20. The van der Waals surface area contributed by atoms with E-state index in [1.807, 2.05) is 24.3 Å². The fraction of sp³-hybridized carbons (Fsp3) is 0.538. The third-order valence-electron chi connectivity index (χ3n) is 3.17. The minimum Gasteiger partial charge on any atom is -0.338 e. The number of nitrogens with one attached hydrogen (secondary N) is 1. The van der Waals surface area contributed by atoms with E-state index in [-0.39, 0.29) is 5.91 Å². The Hall–Kier alpha value is -1.20. The van der Waals surface area contributed by atoms with Crippen LogP contribution in [0.3, 0.4) is 0 Å². The molecule has 0 spiro atoms. The number of likely N-dealkylation sites (N-methyl/N-ethyl adjacent to an activating group) is 1. The van der Waals surface area contributed by atoms with Crippen molar-refractivity contribution >= 4 is 23.3 Å². The minimum atomic E-state index is 0.0839. The van der Waals surface area contributed by atoms with E-state index in [0.717, 1.165) is 36.6 Å². The fourth-order valence-corrected chi connectivity index (χ4v) is 2.71. The van der Waals surface area contributed by atoms with Gasteiger partial charge in [-0.25, -0.2) is 4.98 Å². The van der Waals surface area contributed by atoms with Crippen molar-refractivity contribution in [2.24, 2.45) is 0 Å². The zero-order valence-corrected chi connectivity index (χ0v) is 11.7. The van der Waals surface area contributed by atoms with Crippen LogP contribution in [-0.4, -0.2) is 42.0 Å². The van der Waals surface area contributed by atoms with Crippen molar-refractivity contribution in [3.8, 4) is 0 Å². The Morgan fingerprint density at radius 1 is 1.67 bits per heavy atom. The van der Waals surface area contributed by atoms with Gasteiger partial charge in [0.25, 0.3) is 0 Å². The van der Waals surface area contributed by atoms with Gasteiger partial charge in [-0.05, 0) is 32.9 Å². The second-order valence-corrected chi connectivity index (χ2v) is 5.60. The third-order valence-corrected chi connectivity index (χ3v) is 3.97. The smallest absolute Gasteiger partial charge is 0.246 e.